The van der Waals surface area contributed by atoms with Crippen LogP contribution in [0, 0.1) is 22.0 Å². The zero-order chi connectivity index (χ0) is 15.3. The second-order valence-electron chi connectivity index (χ2n) is 4.83. The smallest absolute Gasteiger partial charge is 0.258 e. The molecule has 0 N–H and O–H groups in total. The Bertz CT molecular complexity index is 708. The third-order valence-corrected chi connectivity index (χ3v) is 3.33. The third kappa shape index (κ3) is 3.37. The number of non-ortho nitro benzene ring substituents is 1. The van der Waals surface area contributed by atoms with Gasteiger partial charge >= 0.3 is 0 Å². The molecule has 0 unspecified atom stereocenters. The number of benzene rings is 2. The predicted molar refractivity (Wildman–Crippen MR) is 84.0 cm³/mol. The van der Waals surface area contributed by atoms with Crippen LogP contribution in [0.4, 0.5) is 5.69 Å². The summed E-state index contributed by atoms with van der Waals surface area (Å²) in [6.07, 6.45) is 1.75. The first-order valence-electron chi connectivity index (χ1n) is 6.52. The number of allylic oxidation sites excluding steroid dienone is 1. The molecule has 3 nitrogen and oxygen atoms in total. The molecule has 0 fully saturated rings. The lowest BCUT2D eigenvalue weighted by Crippen LogP contribution is -2.15. The minimum Gasteiger partial charge on any atom is -0.258 e. The molecule has 0 aliphatic carbocycles. The highest BCUT2D eigenvalue weighted by atomic mass is 16.6. The largest absolute Gasteiger partial charge is 0.269 e. The molecular weight excluding hydrogens is 262 g/mol. The van der Waals surface area contributed by atoms with Crippen LogP contribution in [-0.2, 0) is 5.41 Å². The maximum atomic E-state index is 10.7. The van der Waals surface area contributed by atoms with Crippen LogP contribution in [0.5, 0.6) is 0 Å². The minimum atomic E-state index is -0.551. The monoisotopic (exact) mass is 277 g/mol. The lowest BCUT2D eigenvalue weighted by atomic mass is 9.83. The van der Waals surface area contributed by atoms with E-state index >= 15 is 0 Å². The van der Waals surface area contributed by atoms with Gasteiger partial charge in [0.05, 0.1) is 10.3 Å². The van der Waals surface area contributed by atoms with Crippen LogP contribution >= 0.6 is 0 Å². The van der Waals surface area contributed by atoms with E-state index in [0.29, 0.717) is 0 Å². The van der Waals surface area contributed by atoms with Gasteiger partial charge in [-0.3, -0.25) is 10.1 Å². The van der Waals surface area contributed by atoms with Crippen molar-refractivity contribution in [3.63, 3.8) is 0 Å². The lowest BCUT2D eigenvalue weighted by molar-refractivity contribution is -0.384. The van der Waals surface area contributed by atoms with E-state index in [9.17, 15) is 10.1 Å². The zero-order valence-corrected chi connectivity index (χ0v) is 11.7. The van der Waals surface area contributed by atoms with Gasteiger partial charge in [0.2, 0.25) is 0 Å². The average molecular weight is 277 g/mol. The highest BCUT2D eigenvalue weighted by Crippen LogP contribution is 2.26. The van der Waals surface area contributed by atoms with Crippen LogP contribution in [0.1, 0.15) is 18.1 Å². The van der Waals surface area contributed by atoms with Gasteiger partial charge in [-0.2, -0.15) is 0 Å². The molecule has 2 aromatic rings. The Labute approximate surface area is 124 Å². The molecule has 2 rings (SSSR count). The van der Waals surface area contributed by atoms with Crippen molar-refractivity contribution < 1.29 is 4.92 Å². The summed E-state index contributed by atoms with van der Waals surface area (Å²) in [6, 6.07) is 16.1. The van der Waals surface area contributed by atoms with E-state index in [1.807, 2.05) is 37.3 Å². The van der Waals surface area contributed by atoms with Crippen LogP contribution in [0.2, 0.25) is 0 Å². The van der Waals surface area contributed by atoms with Crippen LogP contribution in [-0.4, -0.2) is 4.92 Å². The summed E-state index contributed by atoms with van der Waals surface area (Å²) < 4.78 is 0. The second-order valence-corrected chi connectivity index (χ2v) is 4.83. The van der Waals surface area contributed by atoms with Gasteiger partial charge in [0.25, 0.3) is 5.69 Å². The molecule has 0 aromatic heterocycles. The Morgan fingerprint density at radius 3 is 2.29 bits per heavy atom. The first kappa shape index (κ1) is 14.5. The van der Waals surface area contributed by atoms with Crippen molar-refractivity contribution in [3.8, 4) is 11.8 Å². The fourth-order valence-corrected chi connectivity index (χ4v) is 1.89. The fraction of sp³-hybridized carbons (Fsp3) is 0.111. The van der Waals surface area contributed by atoms with Gasteiger partial charge in [0.1, 0.15) is 0 Å². The molecule has 21 heavy (non-hydrogen) atoms. The van der Waals surface area contributed by atoms with Crippen molar-refractivity contribution in [1.82, 2.24) is 0 Å². The normalized spacial score (nSPS) is 12.6. The van der Waals surface area contributed by atoms with E-state index in [4.69, 9.17) is 0 Å². The van der Waals surface area contributed by atoms with E-state index in [2.05, 4.69) is 18.4 Å². The van der Waals surface area contributed by atoms with Crippen LogP contribution in [0.3, 0.4) is 0 Å². The summed E-state index contributed by atoms with van der Waals surface area (Å²) in [5.41, 5.74) is 1.32. The maximum absolute atomic E-state index is 10.7. The first-order chi connectivity index (χ1) is 10.0. The van der Waals surface area contributed by atoms with Gasteiger partial charge < -0.3 is 0 Å². The van der Waals surface area contributed by atoms with Gasteiger partial charge in [0, 0.05) is 17.7 Å². The molecule has 2 aromatic carbocycles. The highest BCUT2D eigenvalue weighted by molar-refractivity contribution is 5.46. The topological polar surface area (TPSA) is 43.1 Å². The molecule has 0 saturated heterocycles. The molecule has 0 aliphatic heterocycles. The Balaban J connectivity index is 2.35. The quantitative estimate of drug-likeness (QED) is 0.367. The molecule has 0 radical (unpaired) electrons. The van der Waals surface area contributed by atoms with Crippen molar-refractivity contribution >= 4 is 5.69 Å². The van der Waals surface area contributed by atoms with Gasteiger partial charge in [-0.1, -0.05) is 48.2 Å². The van der Waals surface area contributed by atoms with E-state index < -0.39 is 10.3 Å². The van der Waals surface area contributed by atoms with Crippen molar-refractivity contribution in [2.45, 2.75) is 12.3 Å². The molecule has 0 heterocycles. The standard InChI is InChI=1S/C18H15NO2/c1-3-18(2,14-13-15-7-5-4-6-8-15)16-9-11-17(12-10-16)19(20)21/h3-12H,1H2,2H3/t18-/m1/s1. The molecule has 3 heteroatoms. The molecule has 1 atom stereocenters. The Kier molecular flexibility index (Phi) is 4.20. The van der Waals surface area contributed by atoms with Gasteiger partial charge in [-0.05, 0) is 24.6 Å². The summed E-state index contributed by atoms with van der Waals surface area (Å²) >= 11 is 0. The molecule has 104 valence electrons. The summed E-state index contributed by atoms with van der Waals surface area (Å²) in [6.45, 7) is 5.78. The van der Waals surface area contributed by atoms with E-state index in [-0.39, 0.29) is 5.69 Å². The Morgan fingerprint density at radius 1 is 1.14 bits per heavy atom. The number of nitro groups is 1. The number of hydrogen-bond acceptors (Lipinski definition) is 2. The zero-order valence-electron chi connectivity index (χ0n) is 11.7. The Hall–Kier alpha value is -2.86. The SMILES string of the molecule is C=C[C@](C)(C#Cc1ccccc1)c1ccc([N+](=O)[O-])cc1. The predicted octanol–water partition coefficient (Wildman–Crippen LogP) is 4.09. The lowest BCUT2D eigenvalue weighted by Gasteiger charge is -2.19. The van der Waals surface area contributed by atoms with Crippen molar-refractivity contribution in [2.24, 2.45) is 0 Å². The molecule has 0 saturated carbocycles. The number of rotatable bonds is 3. The summed E-state index contributed by atoms with van der Waals surface area (Å²) in [5, 5.41) is 10.7. The van der Waals surface area contributed by atoms with Crippen molar-refractivity contribution in [2.75, 3.05) is 0 Å². The summed E-state index contributed by atoms with van der Waals surface area (Å²) in [5.74, 6) is 6.31. The van der Waals surface area contributed by atoms with E-state index in [1.165, 1.54) is 12.1 Å². The van der Waals surface area contributed by atoms with Gasteiger partial charge in [-0.15, -0.1) is 6.58 Å². The molecular formula is C18H15NO2. The number of nitrogens with zero attached hydrogens (tertiary/aromatic N) is 1. The minimum absolute atomic E-state index is 0.0705. The van der Waals surface area contributed by atoms with Gasteiger partial charge in [0.15, 0.2) is 0 Å². The average Bonchev–Trinajstić information content (AvgIpc) is 2.53. The third-order valence-electron chi connectivity index (χ3n) is 3.33. The first-order valence-corrected chi connectivity index (χ1v) is 6.52. The van der Waals surface area contributed by atoms with Crippen LogP contribution < -0.4 is 0 Å². The summed E-state index contributed by atoms with van der Waals surface area (Å²) in [7, 11) is 0. The van der Waals surface area contributed by atoms with Crippen LogP contribution in [0.15, 0.2) is 67.3 Å². The molecule has 0 spiro atoms. The summed E-state index contributed by atoms with van der Waals surface area (Å²) in [4.78, 5) is 10.3. The number of nitro benzene ring substituents is 1. The molecule has 0 bridgehead atoms. The molecule has 0 aliphatic rings. The highest BCUT2D eigenvalue weighted by Gasteiger charge is 2.20. The van der Waals surface area contributed by atoms with Crippen molar-refractivity contribution in [1.29, 1.82) is 0 Å². The number of hydrogen-bond donors (Lipinski definition) is 0. The second kappa shape index (κ2) is 6.06. The maximum Gasteiger partial charge on any atom is 0.269 e. The Morgan fingerprint density at radius 2 is 1.76 bits per heavy atom. The molecule has 0 amide bonds. The van der Waals surface area contributed by atoms with E-state index in [0.717, 1.165) is 11.1 Å². The fourth-order valence-electron chi connectivity index (χ4n) is 1.89. The van der Waals surface area contributed by atoms with Gasteiger partial charge in [-0.25, -0.2) is 0 Å². The van der Waals surface area contributed by atoms with Crippen LogP contribution in [0.25, 0.3) is 0 Å². The van der Waals surface area contributed by atoms with Crippen molar-refractivity contribution in [3.05, 3.63) is 88.5 Å². The van der Waals surface area contributed by atoms with E-state index in [1.54, 1.807) is 18.2 Å².